The average molecular weight is 296 g/mol. The molecule has 1 aliphatic heterocycles. The van der Waals surface area contributed by atoms with Crippen molar-refractivity contribution in [2.45, 2.75) is 12.8 Å². The van der Waals surface area contributed by atoms with Crippen molar-refractivity contribution in [2.75, 3.05) is 45.6 Å². The molecule has 0 aliphatic carbocycles. The zero-order chi connectivity index (χ0) is 14.5. The highest BCUT2D eigenvalue weighted by molar-refractivity contribution is 6.31. The van der Waals surface area contributed by atoms with Crippen LogP contribution >= 0.6 is 11.6 Å². The Balaban J connectivity index is 2.00. The fourth-order valence-corrected chi connectivity index (χ4v) is 2.69. The van der Waals surface area contributed by atoms with Crippen LogP contribution in [-0.2, 0) is 0 Å². The number of hydrogen-bond acceptors (Lipinski definition) is 3. The molecule has 0 saturated carbocycles. The maximum Gasteiger partial charge on any atom is 0.255 e. The highest BCUT2D eigenvalue weighted by Crippen LogP contribution is 2.21. The number of nitrogens with zero attached hydrogens (tertiary/aromatic N) is 2. The lowest BCUT2D eigenvalue weighted by Gasteiger charge is -2.22. The van der Waals surface area contributed by atoms with Gasteiger partial charge in [0.15, 0.2) is 0 Å². The Morgan fingerprint density at radius 1 is 1.40 bits per heavy atom. The molecule has 110 valence electrons. The molecule has 0 bridgehead atoms. The number of amides is 1. The van der Waals surface area contributed by atoms with Crippen molar-refractivity contribution in [1.82, 2.24) is 9.80 Å². The van der Waals surface area contributed by atoms with Crippen molar-refractivity contribution >= 4 is 23.2 Å². The zero-order valence-electron chi connectivity index (χ0n) is 12.2. The van der Waals surface area contributed by atoms with Gasteiger partial charge < -0.3 is 15.1 Å². The maximum absolute atomic E-state index is 12.5. The Morgan fingerprint density at radius 3 is 2.75 bits per heavy atom. The van der Waals surface area contributed by atoms with E-state index in [0.29, 0.717) is 10.6 Å². The Bertz CT molecular complexity index is 472. The predicted octanol–water partition coefficient (Wildman–Crippen LogP) is 2.55. The van der Waals surface area contributed by atoms with Crippen LogP contribution in [-0.4, -0.2) is 56.0 Å². The molecule has 0 atom stereocenters. The van der Waals surface area contributed by atoms with Gasteiger partial charge in [-0.1, -0.05) is 11.6 Å². The normalized spacial score (nSPS) is 15.3. The number of hydrogen-bond donors (Lipinski definition) is 1. The van der Waals surface area contributed by atoms with Gasteiger partial charge in [0.05, 0.1) is 5.56 Å². The molecule has 1 N–H and O–H groups in total. The summed E-state index contributed by atoms with van der Waals surface area (Å²) in [5, 5.41) is 3.62. The first-order chi connectivity index (χ1) is 9.61. The Labute approximate surface area is 125 Å². The van der Waals surface area contributed by atoms with E-state index in [1.807, 2.05) is 20.2 Å². The SMILES string of the molecule is CNc1ccc(Cl)cc1C(=O)N(C)CCN1CCCC1. The third kappa shape index (κ3) is 3.64. The van der Waals surface area contributed by atoms with Gasteiger partial charge in [-0.2, -0.15) is 0 Å². The van der Waals surface area contributed by atoms with E-state index in [2.05, 4.69) is 10.2 Å². The van der Waals surface area contributed by atoms with Gasteiger partial charge in [-0.15, -0.1) is 0 Å². The molecule has 1 aliphatic rings. The van der Waals surface area contributed by atoms with E-state index >= 15 is 0 Å². The summed E-state index contributed by atoms with van der Waals surface area (Å²) < 4.78 is 0. The third-order valence-electron chi connectivity index (χ3n) is 3.78. The van der Waals surface area contributed by atoms with Crippen LogP contribution in [0.2, 0.25) is 5.02 Å². The number of carbonyl (C=O) groups excluding carboxylic acids is 1. The number of nitrogens with one attached hydrogen (secondary N) is 1. The van der Waals surface area contributed by atoms with E-state index in [1.54, 1.807) is 17.0 Å². The average Bonchev–Trinajstić information content (AvgIpc) is 2.97. The molecular formula is C15H22ClN3O. The Kier molecular flexibility index (Phi) is 5.26. The Morgan fingerprint density at radius 2 is 2.10 bits per heavy atom. The van der Waals surface area contributed by atoms with Gasteiger partial charge in [-0.3, -0.25) is 4.79 Å². The standard InChI is InChI=1S/C15H22ClN3O/c1-17-14-6-5-12(16)11-13(14)15(20)18(2)9-10-19-7-3-4-8-19/h5-6,11,17H,3-4,7-10H2,1-2H3. The van der Waals surface area contributed by atoms with Crippen molar-refractivity contribution in [3.63, 3.8) is 0 Å². The minimum atomic E-state index is 0.0102. The number of halogens is 1. The minimum absolute atomic E-state index is 0.0102. The van der Waals surface area contributed by atoms with E-state index in [1.165, 1.54) is 12.8 Å². The van der Waals surface area contributed by atoms with Crippen LogP contribution in [0, 0.1) is 0 Å². The summed E-state index contributed by atoms with van der Waals surface area (Å²) in [6, 6.07) is 5.35. The van der Waals surface area contributed by atoms with Crippen LogP contribution in [0.5, 0.6) is 0 Å². The first-order valence-corrected chi connectivity index (χ1v) is 7.44. The maximum atomic E-state index is 12.5. The van der Waals surface area contributed by atoms with Crippen LogP contribution in [0.1, 0.15) is 23.2 Å². The smallest absolute Gasteiger partial charge is 0.255 e. The molecule has 0 unspecified atom stereocenters. The lowest BCUT2D eigenvalue weighted by molar-refractivity contribution is 0.0783. The molecule has 4 nitrogen and oxygen atoms in total. The topological polar surface area (TPSA) is 35.6 Å². The van der Waals surface area contributed by atoms with Crippen molar-refractivity contribution in [3.8, 4) is 0 Å². The fraction of sp³-hybridized carbons (Fsp3) is 0.533. The zero-order valence-corrected chi connectivity index (χ0v) is 12.9. The summed E-state index contributed by atoms with van der Waals surface area (Å²) in [4.78, 5) is 16.7. The summed E-state index contributed by atoms with van der Waals surface area (Å²) in [5.74, 6) is 0.0102. The van der Waals surface area contributed by atoms with Crippen LogP contribution in [0.15, 0.2) is 18.2 Å². The van der Waals surface area contributed by atoms with Gasteiger partial charge in [0.2, 0.25) is 0 Å². The van der Waals surface area contributed by atoms with E-state index in [-0.39, 0.29) is 5.91 Å². The van der Waals surface area contributed by atoms with E-state index in [4.69, 9.17) is 11.6 Å². The van der Waals surface area contributed by atoms with Gasteiger partial charge in [0, 0.05) is 37.9 Å². The Hall–Kier alpha value is -1.26. The molecule has 1 saturated heterocycles. The molecule has 1 fully saturated rings. The van der Waals surface area contributed by atoms with E-state index in [9.17, 15) is 4.79 Å². The lowest BCUT2D eigenvalue weighted by Crippen LogP contribution is -2.35. The summed E-state index contributed by atoms with van der Waals surface area (Å²) in [6.07, 6.45) is 2.55. The molecule has 1 aromatic carbocycles. The van der Waals surface area contributed by atoms with Crippen LogP contribution in [0.4, 0.5) is 5.69 Å². The molecule has 0 spiro atoms. The van der Waals surface area contributed by atoms with Gasteiger partial charge in [-0.25, -0.2) is 0 Å². The number of anilines is 1. The lowest BCUT2D eigenvalue weighted by atomic mass is 10.1. The summed E-state index contributed by atoms with van der Waals surface area (Å²) in [6.45, 7) is 3.99. The van der Waals surface area contributed by atoms with Crippen molar-refractivity contribution in [2.24, 2.45) is 0 Å². The number of likely N-dealkylation sites (tertiary alicyclic amines) is 1. The van der Waals surface area contributed by atoms with Crippen molar-refractivity contribution in [3.05, 3.63) is 28.8 Å². The quantitative estimate of drug-likeness (QED) is 0.907. The van der Waals surface area contributed by atoms with Crippen molar-refractivity contribution in [1.29, 1.82) is 0 Å². The number of benzene rings is 1. The molecular weight excluding hydrogens is 274 g/mol. The second kappa shape index (κ2) is 6.95. The summed E-state index contributed by atoms with van der Waals surface area (Å²) >= 11 is 6.00. The third-order valence-corrected chi connectivity index (χ3v) is 4.01. The number of likely N-dealkylation sites (N-methyl/N-ethyl adjacent to an activating group) is 1. The monoisotopic (exact) mass is 295 g/mol. The summed E-state index contributed by atoms with van der Waals surface area (Å²) in [5.41, 5.74) is 1.44. The second-order valence-corrected chi connectivity index (χ2v) is 5.65. The molecule has 1 amide bonds. The van der Waals surface area contributed by atoms with Crippen molar-refractivity contribution < 1.29 is 4.79 Å². The molecule has 5 heteroatoms. The van der Waals surface area contributed by atoms with Gasteiger partial charge in [0.1, 0.15) is 0 Å². The van der Waals surface area contributed by atoms with Gasteiger partial charge in [-0.05, 0) is 44.1 Å². The fourth-order valence-electron chi connectivity index (χ4n) is 2.52. The molecule has 1 heterocycles. The first kappa shape index (κ1) is 15.1. The molecule has 20 heavy (non-hydrogen) atoms. The largest absolute Gasteiger partial charge is 0.387 e. The molecule has 0 aromatic heterocycles. The number of rotatable bonds is 5. The van der Waals surface area contributed by atoms with Gasteiger partial charge >= 0.3 is 0 Å². The van der Waals surface area contributed by atoms with Crippen LogP contribution in [0.25, 0.3) is 0 Å². The molecule has 2 rings (SSSR count). The minimum Gasteiger partial charge on any atom is -0.387 e. The molecule has 1 aromatic rings. The molecule has 0 radical (unpaired) electrons. The van der Waals surface area contributed by atoms with Gasteiger partial charge in [0.25, 0.3) is 5.91 Å². The first-order valence-electron chi connectivity index (χ1n) is 7.07. The van der Waals surface area contributed by atoms with Crippen LogP contribution < -0.4 is 5.32 Å². The van der Waals surface area contributed by atoms with E-state index in [0.717, 1.165) is 31.9 Å². The number of carbonyl (C=O) groups is 1. The predicted molar refractivity (Wildman–Crippen MR) is 83.6 cm³/mol. The second-order valence-electron chi connectivity index (χ2n) is 5.22. The highest BCUT2D eigenvalue weighted by atomic mass is 35.5. The van der Waals surface area contributed by atoms with E-state index < -0.39 is 0 Å². The highest BCUT2D eigenvalue weighted by Gasteiger charge is 2.18. The summed E-state index contributed by atoms with van der Waals surface area (Å²) in [7, 11) is 3.66. The van der Waals surface area contributed by atoms with Crippen LogP contribution in [0.3, 0.4) is 0 Å².